The number of aliphatic hydroxyl groups is 1. The van der Waals surface area contributed by atoms with Crippen LogP contribution in [0.4, 0.5) is 0 Å². The van der Waals surface area contributed by atoms with E-state index in [2.05, 4.69) is 65.6 Å². The molecule has 2 heterocycles. The first-order valence-corrected chi connectivity index (χ1v) is 8.72. The molecule has 5 heteroatoms. The summed E-state index contributed by atoms with van der Waals surface area (Å²) in [7, 11) is 2.12. The van der Waals surface area contributed by atoms with Gasteiger partial charge in [-0.25, -0.2) is 4.98 Å². The zero-order valence-corrected chi connectivity index (χ0v) is 14.7. The van der Waals surface area contributed by atoms with Crippen molar-refractivity contribution in [2.75, 3.05) is 13.7 Å². The van der Waals surface area contributed by atoms with E-state index in [1.165, 1.54) is 16.1 Å². The van der Waals surface area contributed by atoms with Gasteiger partial charge in [0.15, 0.2) is 4.96 Å². The number of rotatable bonds is 6. The van der Waals surface area contributed by atoms with E-state index in [9.17, 15) is 5.11 Å². The molecule has 1 atom stereocenters. The molecule has 0 saturated carbocycles. The lowest BCUT2D eigenvalue weighted by Crippen LogP contribution is -2.26. The SMILES string of the molecule is Cc1cn2c(CN(C)C(CCO)c3ccccc3)c(C)nc2s1. The molecule has 23 heavy (non-hydrogen) atoms. The summed E-state index contributed by atoms with van der Waals surface area (Å²) >= 11 is 1.72. The molecule has 0 aliphatic carbocycles. The molecule has 0 radical (unpaired) electrons. The molecule has 1 unspecified atom stereocenters. The molecular formula is C18H23N3OS. The minimum absolute atomic E-state index is 0.183. The lowest BCUT2D eigenvalue weighted by Gasteiger charge is -2.28. The highest BCUT2D eigenvalue weighted by molar-refractivity contribution is 7.17. The maximum Gasteiger partial charge on any atom is 0.194 e. The number of aryl methyl sites for hydroxylation is 2. The summed E-state index contributed by atoms with van der Waals surface area (Å²) in [6, 6.07) is 10.6. The van der Waals surface area contributed by atoms with Crippen LogP contribution < -0.4 is 0 Å². The Balaban J connectivity index is 1.88. The van der Waals surface area contributed by atoms with Crippen LogP contribution in [0, 0.1) is 13.8 Å². The summed E-state index contributed by atoms with van der Waals surface area (Å²) in [4.78, 5) is 9.30. The third-order valence-corrected chi connectivity index (χ3v) is 5.16. The smallest absolute Gasteiger partial charge is 0.194 e. The Hall–Kier alpha value is -1.69. The Morgan fingerprint density at radius 2 is 2.00 bits per heavy atom. The maximum absolute atomic E-state index is 9.46. The largest absolute Gasteiger partial charge is 0.396 e. The Morgan fingerprint density at radius 1 is 1.26 bits per heavy atom. The molecule has 122 valence electrons. The van der Waals surface area contributed by atoms with E-state index in [4.69, 9.17) is 0 Å². The van der Waals surface area contributed by atoms with E-state index in [1.54, 1.807) is 11.3 Å². The molecule has 0 saturated heterocycles. The highest BCUT2D eigenvalue weighted by atomic mass is 32.1. The van der Waals surface area contributed by atoms with Crippen molar-refractivity contribution in [2.45, 2.75) is 32.9 Å². The minimum atomic E-state index is 0.183. The van der Waals surface area contributed by atoms with E-state index in [0.29, 0.717) is 0 Å². The van der Waals surface area contributed by atoms with Crippen LogP contribution in [0.2, 0.25) is 0 Å². The van der Waals surface area contributed by atoms with Gasteiger partial charge in [-0.15, -0.1) is 11.3 Å². The quantitative estimate of drug-likeness (QED) is 0.751. The van der Waals surface area contributed by atoms with E-state index >= 15 is 0 Å². The van der Waals surface area contributed by atoms with Crippen molar-refractivity contribution >= 4 is 16.3 Å². The summed E-state index contributed by atoms with van der Waals surface area (Å²) in [5.74, 6) is 0. The second-order valence-electron chi connectivity index (χ2n) is 5.99. The van der Waals surface area contributed by atoms with Crippen molar-refractivity contribution in [1.29, 1.82) is 0 Å². The highest BCUT2D eigenvalue weighted by Gasteiger charge is 2.20. The van der Waals surface area contributed by atoms with Crippen molar-refractivity contribution in [3.05, 3.63) is 58.4 Å². The van der Waals surface area contributed by atoms with E-state index in [1.807, 2.05) is 6.07 Å². The Labute approximate surface area is 141 Å². The Morgan fingerprint density at radius 3 is 2.70 bits per heavy atom. The van der Waals surface area contributed by atoms with Crippen molar-refractivity contribution < 1.29 is 5.11 Å². The van der Waals surface area contributed by atoms with Gasteiger partial charge in [-0.1, -0.05) is 30.3 Å². The Bertz CT molecular complexity index is 778. The van der Waals surface area contributed by atoms with Gasteiger partial charge in [-0.3, -0.25) is 9.30 Å². The third-order valence-electron chi connectivity index (χ3n) is 4.26. The number of thiazole rings is 1. The third kappa shape index (κ3) is 3.32. The average Bonchev–Trinajstić information content (AvgIpc) is 3.02. The number of hydrogen-bond acceptors (Lipinski definition) is 4. The van der Waals surface area contributed by atoms with Crippen LogP contribution in [0.25, 0.3) is 4.96 Å². The number of aromatic nitrogens is 2. The number of benzene rings is 1. The van der Waals surface area contributed by atoms with Gasteiger partial charge in [0, 0.05) is 30.3 Å². The molecule has 1 aromatic carbocycles. The molecular weight excluding hydrogens is 306 g/mol. The van der Waals surface area contributed by atoms with Crippen LogP contribution in [0.15, 0.2) is 36.5 Å². The van der Waals surface area contributed by atoms with Gasteiger partial charge in [0.05, 0.1) is 11.4 Å². The van der Waals surface area contributed by atoms with Gasteiger partial charge in [0.1, 0.15) is 0 Å². The number of aliphatic hydroxyl groups excluding tert-OH is 1. The highest BCUT2D eigenvalue weighted by Crippen LogP contribution is 2.27. The maximum atomic E-state index is 9.46. The van der Waals surface area contributed by atoms with Crippen LogP contribution in [-0.2, 0) is 6.54 Å². The topological polar surface area (TPSA) is 40.8 Å². The van der Waals surface area contributed by atoms with Gasteiger partial charge in [0.2, 0.25) is 0 Å². The standard InChI is InChI=1S/C18H23N3OS/c1-13-11-21-17(14(2)19-18(21)23-13)12-20(3)16(9-10-22)15-7-5-4-6-8-15/h4-8,11,16,22H,9-10,12H2,1-3H3. The normalized spacial score (nSPS) is 13.1. The van der Waals surface area contributed by atoms with Crippen molar-refractivity contribution in [3.8, 4) is 0 Å². The van der Waals surface area contributed by atoms with Crippen molar-refractivity contribution in [1.82, 2.24) is 14.3 Å². The summed E-state index contributed by atoms with van der Waals surface area (Å²) in [5, 5.41) is 9.46. The summed E-state index contributed by atoms with van der Waals surface area (Å²) in [6.45, 7) is 5.17. The zero-order chi connectivity index (χ0) is 16.4. The summed E-state index contributed by atoms with van der Waals surface area (Å²) in [5.41, 5.74) is 3.55. The molecule has 4 nitrogen and oxygen atoms in total. The predicted molar refractivity (Wildman–Crippen MR) is 94.9 cm³/mol. The summed E-state index contributed by atoms with van der Waals surface area (Å²) in [6.07, 6.45) is 2.89. The fourth-order valence-electron chi connectivity index (χ4n) is 3.08. The van der Waals surface area contributed by atoms with Crippen LogP contribution in [0.3, 0.4) is 0 Å². The number of nitrogens with zero attached hydrogens (tertiary/aromatic N) is 3. The van der Waals surface area contributed by atoms with Crippen molar-refractivity contribution in [3.63, 3.8) is 0 Å². The van der Waals surface area contributed by atoms with Gasteiger partial charge in [-0.05, 0) is 32.9 Å². The molecule has 2 aromatic heterocycles. The molecule has 0 spiro atoms. The summed E-state index contributed by atoms with van der Waals surface area (Å²) < 4.78 is 2.20. The van der Waals surface area contributed by atoms with Gasteiger partial charge >= 0.3 is 0 Å². The first-order valence-electron chi connectivity index (χ1n) is 7.90. The Kier molecular flexibility index (Phi) is 4.80. The van der Waals surface area contributed by atoms with Gasteiger partial charge < -0.3 is 5.11 Å². The molecule has 0 fully saturated rings. The first-order chi connectivity index (χ1) is 11.1. The fraction of sp³-hybridized carbons (Fsp3) is 0.389. The second-order valence-corrected chi connectivity index (χ2v) is 7.21. The monoisotopic (exact) mass is 329 g/mol. The predicted octanol–water partition coefficient (Wildman–Crippen LogP) is 3.57. The van der Waals surface area contributed by atoms with Gasteiger partial charge in [-0.2, -0.15) is 0 Å². The van der Waals surface area contributed by atoms with Crippen LogP contribution in [-0.4, -0.2) is 33.0 Å². The number of hydrogen-bond donors (Lipinski definition) is 1. The van der Waals surface area contributed by atoms with E-state index < -0.39 is 0 Å². The fourth-order valence-corrected chi connectivity index (χ4v) is 3.97. The molecule has 3 rings (SSSR count). The number of fused-ring (bicyclic) bond motifs is 1. The lowest BCUT2D eigenvalue weighted by atomic mass is 10.0. The first kappa shape index (κ1) is 16.2. The molecule has 0 bridgehead atoms. The molecule has 3 aromatic rings. The molecule has 0 aliphatic heterocycles. The second kappa shape index (κ2) is 6.83. The minimum Gasteiger partial charge on any atom is -0.396 e. The zero-order valence-electron chi connectivity index (χ0n) is 13.9. The average molecular weight is 329 g/mol. The number of imidazole rings is 1. The van der Waals surface area contributed by atoms with Crippen LogP contribution in [0.5, 0.6) is 0 Å². The molecule has 0 aliphatic rings. The van der Waals surface area contributed by atoms with E-state index in [-0.39, 0.29) is 12.6 Å². The van der Waals surface area contributed by atoms with E-state index in [0.717, 1.165) is 23.6 Å². The molecule has 1 N–H and O–H groups in total. The van der Waals surface area contributed by atoms with Crippen molar-refractivity contribution in [2.24, 2.45) is 0 Å². The molecule has 0 amide bonds. The van der Waals surface area contributed by atoms with Crippen LogP contribution >= 0.6 is 11.3 Å². The lowest BCUT2D eigenvalue weighted by molar-refractivity contribution is 0.178. The van der Waals surface area contributed by atoms with Gasteiger partial charge in [0.25, 0.3) is 0 Å². The van der Waals surface area contributed by atoms with Crippen LogP contribution in [0.1, 0.15) is 34.3 Å².